The summed E-state index contributed by atoms with van der Waals surface area (Å²) in [6.07, 6.45) is 5.87. The Kier molecular flexibility index (Phi) is 9.71. The standard InChI is InChI=1S/C22H32N2O2/c1-22(2,3)15-14-19(25)17-24-16-8-12-20(23)21(26)13-7-11-18-9-5-4-6-10-18/h4-6,9-10,17,23H,7-8,11-16H2,1-3H3. The average Bonchev–Trinajstić information content (AvgIpc) is 2.59. The second-order valence-corrected chi connectivity index (χ2v) is 7.91. The summed E-state index contributed by atoms with van der Waals surface area (Å²) >= 11 is 0. The van der Waals surface area contributed by atoms with Crippen LogP contribution in [-0.2, 0) is 16.0 Å². The number of aryl methyl sites for hydroxylation is 1. The number of aliphatic imine (C=N–C) groups is 1. The van der Waals surface area contributed by atoms with Gasteiger partial charge in [-0.3, -0.25) is 14.6 Å². The molecule has 0 aliphatic carbocycles. The van der Waals surface area contributed by atoms with Crippen molar-refractivity contribution >= 4 is 23.5 Å². The van der Waals surface area contributed by atoms with Crippen LogP contribution in [0.2, 0.25) is 0 Å². The van der Waals surface area contributed by atoms with Crippen molar-refractivity contribution in [2.45, 2.75) is 65.7 Å². The van der Waals surface area contributed by atoms with Crippen LogP contribution >= 0.6 is 0 Å². The van der Waals surface area contributed by atoms with Gasteiger partial charge < -0.3 is 5.41 Å². The molecular formula is C22H32N2O2. The van der Waals surface area contributed by atoms with Crippen LogP contribution in [0.4, 0.5) is 0 Å². The summed E-state index contributed by atoms with van der Waals surface area (Å²) in [6.45, 7) is 6.82. The van der Waals surface area contributed by atoms with E-state index in [-0.39, 0.29) is 22.7 Å². The summed E-state index contributed by atoms with van der Waals surface area (Å²) in [5.74, 6) is -0.0295. The van der Waals surface area contributed by atoms with Gasteiger partial charge in [0.1, 0.15) is 0 Å². The van der Waals surface area contributed by atoms with Crippen LogP contribution in [0.1, 0.15) is 64.9 Å². The van der Waals surface area contributed by atoms with Crippen molar-refractivity contribution in [3.8, 4) is 0 Å². The van der Waals surface area contributed by atoms with Gasteiger partial charge in [-0.2, -0.15) is 0 Å². The van der Waals surface area contributed by atoms with Gasteiger partial charge in [-0.05, 0) is 43.1 Å². The van der Waals surface area contributed by atoms with Gasteiger partial charge in [0.15, 0.2) is 11.6 Å². The number of Topliss-reactive ketones (excluding diaryl/α,β-unsaturated/α-hetero) is 2. The molecule has 0 aromatic heterocycles. The van der Waals surface area contributed by atoms with Crippen LogP contribution in [0, 0.1) is 10.8 Å². The molecule has 0 fully saturated rings. The van der Waals surface area contributed by atoms with E-state index in [0.717, 1.165) is 19.3 Å². The van der Waals surface area contributed by atoms with E-state index in [4.69, 9.17) is 5.41 Å². The van der Waals surface area contributed by atoms with Crippen LogP contribution in [0.15, 0.2) is 35.3 Å². The predicted molar refractivity (Wildman–Crippen MR) is 108 cm³/mol. The second kappa shape index (κ2) is 11.5. The number of ketones is 2. The van der Waals surface area contributed by atoms with E-state index in [1.54, 1.807) is 0 Å². The Balaban J connectivity index is 2.14. The molecule has 4 heteroatoms. The molecule has 0 aliphatic rings. The fourth-order valence-corrected chi connectivity index (χ4v) is 2.46. The molecule has 0 atom stereocenters. The molecule has 4 nitrogen and oxygen atoms in total. The molecule has 0 amide bonds. The molecule has 142 valence electrons. The fraction of sp³-hybridized carbons (Fsp3) is 0.545. The quantitative estimate of drug-likeness (QED) is 0.430. The van der Waals surface area contributed by atoms with E-state index in [1.807, 2.05) is 18.2 Å². The molecule has 1 aromatic rings. The van der Waals surface area contributed by atoms with E-state index in [2.05, 4.69) is 37.9 Å². The first-order valence-electron chi connectivity index (χ1n) is 9.45. The minimum Gasteiger partial charge on any atom is -0.302 e. The second-order valence-electron chi connectivity index (χ2n) is 7.91. The van der Waals surface area contributed by atoms with Crippen LogP contribution in [0.3, 0.4) is 0 Å². The summed E-state index contributed by atoms with van der Waals surface area (Å²) in [7, 11) is 0. The SMILES string of the molecule is CC(C)(C)CCC(=O)C=NCCCC(=N)C(=O)CCCc1ccccc1. The van der Waals surface area contributed by atoms with Gasteiger partial charge in [-0.15, -0.1) is 0 Å². The molecular weight excluding hydrogens is 324 g/mol. The number of benzene rings is 1. The van der Waals surface area contributed by atoms with Crippen molar-refractivity contribution in [2.24, 2.45) is 10.4 Å². The van der Waals surface area contributed by atoms with Crippen molar-refractivity contribution in [1.29, 1.82) is 5.41 Å². The molecule has 0 heterocycles. The Labute approximate surface area is 157 Å². The Morgan fingerprint density at radius 1 is 1.04 bits per heavy atom. The summed E-state index contributed by atoms with van der Waals surface area (Å²) in [6, 6.07) is 10.1. The van der Waals surface area contributed by atoms with Gasteiger partial charge in [-0.25, -0.2) is 0 Å². The number of hydrogen-bond donors (Lipinski definition) is 1. The number of nitrogens with one attached hydrogen (secondary N) is 1. The number of hydrogen-bond acceptors (Lipinski definition) is 4. The maximum atomic E-state index is 12.0. The summed E-state index contributed by atoms with van der Waals surface area (Å²) in [4.78, 5) is 27.8. The Morgan fingerprint density at radius 2 is 1.73 bits per heavy atom. The van der Waals surface area contributed by atoms with Crippen molar-refractivity contribution in [3.05, 3.63) is 35.9 Å². The zero-order valence-corrected chi connectivity index (χ0v) is 16.4. The molecule has 0 saturated carbocycles. The van der Waals surface area contributed by atoms with Crippen LogP contribution in [-0.4, -0.2) is 30.0 Å². The lowest BCUT2D eigenvalue weighted by atomic mass is 9.90. The van der Waals surface area contributed by atoms with Gasteiger partial charge in [-0.1, -0.05) is 51.1 Å². The fourth-order valence-electron chi connectivity index (χ4n) is 2.46. The molecule has 0 aliphatic heterocycles. The van der Waals surface area contributed by atoms with Crippen molar-refractivity contribution < 1.29 is 9.59 Å². The first-order chi connectivity index (χ1) is 12.3. The third-order valence-electron chi connectivity index (χ3n) is 4.12. The smallest absolute Gasteiger partial charge is 0.176 e. The molecule has 0 spiro atoms. The van der Waals surface area contributed by atoms with E-state index in [9.17, 15) is 9.59 Å². The monoisotopic (exact) mass is 356 g/mol. The molecule has 1 N–H and O–H groups in total. The van der Waals surface area contributed by atoms with E-state index < -0.39 is 0 Å². The lowest BCUT2D eigenvalue weighted by molar-refractivity contribution is -0.113. The number of nitrogens with zero attached hydrogens (tertiary/aromatic N) is 1. The van der Waals surface area contributed by atoms with E-state index in [1.165, 1.54) is 11.8 Å². The zero-order valence-electron chi connectivity index (χ0n) is 16.4. The minimum absolute atomic E-state index is 0.0481. The number of carbonyl (C=O) groups excluding carboxylic acids is 2. The lowest BCUT2D eigenvalue weighted by Crippen LogP contribution is -2.13. The van der Waals surface area contributed by atoms with Crippen LogP contribution < -0.4 is 0 Å². The van der Waals surface area contributed by atoms with Crippen LogP contribution in [0.5, 0.6) is 0 Å². The topological polar surface area (TPSA) is 70.3 Å². The van der Waals surface area contributed by atoms with Crippen LogP contribution in [0.25, 0.3) is 0 Å². The third kappa shape index (κ3) is 10.7. The Morgan fingerprint density at radius 3 is 2.38 bits per heavy atom. The number of carbonyl (C=O) groups is 2. The van der Waals surface area contributed by atoms with E-state index >= 15 is 0 Å². The Bertz CT molecular complexity index is 613. The molecule has 1 rings (SSSR count). The lowest BCUT2D eigenvalue weighted by Gasteiger charge is -2.16. The maximum absolute atomic E-state index is 12.0. The van der Waals surface area contributed by atoms with Gasteiger partial charge in [0.2, 0.25) is 0 Å². The highest BCUT2D eigenvalue weighted by Crippen LogP contribution is 2.20. The molecule has 1 aromatic carbocycles. The highest BCUT2D eigenvalue weighted by atomic mass is 16.1. The molecule has 0 unspecified atom stereocenters. The zero-order chi connectivity index (χ0) is 19.4. The first-order valence-corrected chi connectivity index (χ1v) is 9.45. The first kappa shape index (κ1) is 21.9. The Hall–Kier alpha value is -2.10. The highest BCUT2D eigenvalue weighted by Gasteiger charge is 2.12. The van der Waals surface area contributed by atoms with Crippen molar-refractivity contribution in [2.75, 3.05) is 6.54 Å². The maximum Gasteiger partial charge on any atom is 0.176 e. The largest absolute Gasteiger partial charge is 0.302 e. The van der Waals surface area contributed by atoms with Gasteiger partial charge >= 0.3 is 0 Å². The minimum atomic E-state index is -0.0776. The summed E-state index contributed by atoms with van der Waals surface area (Å²) in [5, 5.41) is 7.86. The molecule has 0 saturated heterocycles. The normalized spacial score (nSPS) is 11.7. The number of rotatable bonds is 12. The third-order valence-corrected chi connectivity index (χ3v) is 4.12. The van der Waals surface area contributed by atoms with Gasteiger partial charge in [0.05, 0.1) is 11.9 Å². The van der Waals surface area contributed by atoms with Gasteiger partial charge in [0.25, 0.3) is 0 Å². The van der Waals surface area contributed by atoms with E-state index in [0.29, 0.717) is 32.2 Å². The highest BCUT2D eigenvalue weighted by molar-refractivity contribution is 6.38. The van der Waals surface area contributed by atoms with Crippen molar-refractivity contribution in [3.63, 3.8) is 0 Å². The average molecular weight is 357 g/mol. The summed E-state index contributed by atoms with van der Waals surface area (Å²) in [5.41, 5.74) is 1.55. The molecule has 0 bridgehead atoms. The van der Waals surface area contributed by atoms with Crippen molar-refractivity contribution in [1.82, 2.24) is 0 Å². The van der Waals surface area contributed by atoms with Gasteiger partial charge in [0, 0.05) is 19.4 Å². The summed E-state index contributed by atoms with van der Waals surface area (Å²) < 4.78 is 0. The molecule has 26 heavy (non-hydrogen) atoms. The predicted octanol–water partition coefficient (Wildman–Crippen LogP) is 4.84. The molecule has 0 radical (unpaired) electrons.